The Balaban J connectivity index is 1.83. The minimum Gasteiger partial charge on any atom is -0.355 e. The van der Waals surface area contributed by atoms with Crippen molar-refractivity contribution in [3.05, 3.63) is 46.2 Å². The standard InChI is InChI=1S/C15H14FN3O2S/c1-8-18-12(7-22-8)9-6-17-14(20)13(9)15(21)19-11-5-3-2-4-10(11)16/h2-5,7,9,13H,6H2,1H3,(H,17,20)(H,19,21)/t9-,13-/m1/s1. The number of anilines is 1. The quantitative estimate of drug-likeness (QED) is 0.851. The fourth-order valence-electron chi connectivity index (χ4n) is 2.52. The Kier molecular flexibility index (Phi) is 3.89. The molecule has 1 fully saturated rings. The van der Waals surface area contributed by atoms with Gasteiger partial charge >= 0.3 is 0 Å². The summed E-state index contributed by atoms with van der Waals surface area (Å²) in [5.74, 6) is -2.64. The molecule has 7 heteroatoms. The Hall–Kier alpha value is -2.28. The van der Waals surface area contributed by atoms with E-state index in [9.17, 15) is 14.0 Å². The molecule has 2 aromatic rings. The van der Waals surface area contributed by atoms with Gasteiger partial charge in [0.2, 0.25) is 11.8 Å². The number of thiazole rings is 1. The van der Waals surface area contributed by atoms with Gasteiger partial charge in [-0.05, 0) is 19.1 Å². The molecule has 1 aliphatic heterocycles. The van der Waals surface area contributed by atoms with Crippen molar-refractivity contribution in [1.82, 2.24) is 10.3 Å². The van der Waals surface area contributed by atoms with E-state index in [0.717, 1.165) is 10.7 Å². The van der Waals surface area contributed by atoms with Gasteiger partial charge < -0.3 is 10.6 Å². The molecule has 1 aromatic carbocycles. The van der Waals surface area contributed by atoms with Crippen molar-refractivity contribution in [1.29, 1.82) is 0 Å². The predicted molar refractivity (Wildman–Crippen MR) is 81.1 cm³/mol. The van der Waals surface area contributed by atoms with Crippen LogP contribution in [0.1, 0.15) is 16.6 Å². The van der Waals surface area contributed by atoms with E-state index >= 15 is 0 Å². The summed E-state index contributed by atoms with van der Waals surface area (Å²) < 4.78 is 13.6. The summed E-state index contributed by atoms with van der Waals surface area (Å²) in [5.41, 5.74) is 0.787. The second kappa shape index (κ2) is 5.84. The topological polar surface area (TPSA) is 71.1 Å². The Morgan fingerprint density at radius 1 is 1.45 bits per heavy atom. The zero-order valence-corrected chi connectivity index (χ0v) is 12.6. The van der Waals surface area contributed by atoms with Crippen LogP contribution in [0, 0.1) is 18.7 Å². The number of carbonyl (C=O) groups excluding carboxylic acids is 2. The molecule has 0 radical (unpaired) electrons. The third kappa shape index (κ3) is 2.71. The van der Waals surface area contributed by atoms with E-state index < -0.39 is 17.6 Å². The normalized spacial score (nSPS) is 20.7. The van der Waals surface area contributed by atoms with Gasteiger partial charge in [0.05, 0.1) is 16.4 Å². The van der Waals surface area contributed by atoms with Gasteiger partial charge in [-0.2, -0.15) is 0 Å². The zero-order chi connectivity index (χ0) is 15.7. The molecule has 0 unspecified atom stereocenters. The third-order valence-corrected chi connectivity index (χ3v) is 4.40. The molecule has 2 N–H and O–H groups in total. The molecular weight excluding hydrogens is 305 g/mol. The number of para-hydroxylation sites is 1. The number of carbonyl (C=O) groups is 2. The van der Waals surface area contributed by atoms with Crippen LogP contribution in [0.4, 0.5) is 10.1 Å². The number of aromatic nitrogens is 1. The predicted octanol–water partition coefficient (Wildman–Crippen LogP) is 2.06. The molecule has 0 saturated carbocycles. The lowest BCUT2D eigenvalue weighted by Gasteiger charge is -2.15. The van der Waals surface area contributed by atoms with Gasteiger partial charge in [-0.1, -0.05) is 12.1 Å². The summed E-state index contributed by atoms with van der Waals surface area (Å²) >= 11 is 1.47. The summed E-state index contributed by atoms with van der Waals surface area (Å²) in [7, 11) is 0. The number of rotatable bonds is 3. The lowest BCUT2D eigenvalue weighted by molar-refractivity contribution is -0.130. The Labute approximate surface area is 130 Å². The Bertz CT molecular complexity index is 731. The highest BCUT2D eigenvalue weighted by atomic mass is 32.1. The van der Waals surface area contributed by atoms with Crippen LogP contribution < -0.4 is 10.6 Å². The van der Waals surface area contributed by atoms with E-state index in [1.165, 1.54) is 29.5 Å². The molecule has 0 aliphatic carbocycles. The lowest BCUT2D eigenvalue weighted by atomic mass is 9.92. The monoisotopic (exact) mass is 319 g/mol. The van der Waals surface area contributed by atoms with Crippen LogP contribution in [0.15, 0.2) is 29.6 Å². The molecule has 2 atom stereocenters. The zero-order valence-electron chi connectivity index (χ0n) is 11.8. The number of nitrogens with one attached hydrogen (secondary N) is 2. The van der Waals surface area contributed by atoms with Crippen LogP contribution in [0.2, 0.25) is 0 Å². The molecule has 0 bridgehead atoms. The SMILES string of the molecule is Cc1nc([C@H]2CNC(=O)[C@@H]2C(=O)Nc2ccccc2F)cs1. The van der Waals surface area contributed by atoms with E-state index in [1.54, 1.807) is 6.07 Å². The van der Waals surface area contributed by atoms with Crippen molar-refractivity contribution in [3.8, 4) is 0 Å². The molecule has 2 amide bonds. The second-order valence-corrected chi connectivity index (χ2v) is 6.15. The maximum Gasteiger partial charge on any atom is 0.237 e. The molecule has 1 aromatic heterocycles. The maximum absolute atomic E-state index is 13.6. The van der Waals surface area contributed by atoms with Crippen molar-refractivity contribution >= 4 is 28.8 Å². The van der Waals surface area contributed by atoms with E-state index in [4.69, 9.17) is 0 Å². The summed E-state index contributed by atoms with van der Waals surface area (Å²) in [6.07, 6.45) is 0. The van der Waals surface area contributed by atoms with Crippen molar-refractivity contribution < 1.29 is 14.0 Å². The van der Waals surface area contributed by atoms with Crippen LogP contribution in [0.25, 0.3) is 0 Å². The first-order valence-electron chi connectivity index (χ1n) is 6.81. The number of amides is 2. The number of halogens is 1. The molecule has 1 aliphatic rings. The number of hydrogen-bond acceptors (Lipinski definition) is 4. The van der Waals surface area contributed by atoms with E-state index in [1.807, 2.05) is 12.3 Å². The molecule has 114 valence electrons. The van der Waals surface area contributed by atoms with Crippen molar-refractivity contribution in [2.45, 2.75) is 12.8 Å². The highest BCUT2D eigenvalue weighted by Gasteiger charge is 2.42. The average Bonchev–Trinajstić information content (AvgIpc) is 3.07. The van der Waals surface area contributed by atoms with Gasteiger partial charge in [-0.3, -0.25) is 9.59 Å². The fraction of sp³-hybridized carbons (Fsp3) is 0.267. The van der Waals surface area contributed by atoms with E-state index in [-0.39, 0.29) is 17.5 Å². The first kappa shape index (κ1) is 14.6. The molecular formula is C15H14FN3O2S. The first-order chi connectivity index (χ1) is 10.6. The molecule has 3 rings (SSSR count). The van der Waals surface area contributed by atoms with Gasteiger partial charge in [0.15, 0.2) is 0 Å². The van der Waals surface area contributed by atoms with Crippen LogP contribution in [-0.4, -0.2) is 23.3 Å². The Morgan fingerprint density at radius 3 is 2.91 bits per heavy atom. The van der Waals surface area contributed by atoms with Gasteiger partial charge in [0.25, 0.3) is 0 Å². The van der Waals surface area contributed by atoms with Crippen LogP contribution in [0.5, 0.6) is 0 Å². The van der Waals surface area contributed by atoms with Gasteiger partial charge in [0, 0.05) is 17.8 Å². The summed E-state index contributed by atoms with van der Waals surface area (Å²) in [4.78, 5) is 28.8. The van der Waals surface area contributed by atoms with Gasteiger partial charge in [-0.15, -0.1) is 11.3 Å². The minimum absolute atomic E-state index is 0.0698. The summed E-state index contributed by atoms with van der Waals surface area (Å²) in [6, 6.07) is 5.87. The molecule has 2 heterocycles. The molecule has 22 heavy (non-hydrogen) atoms. The van der Waals surface area contributed by atoms with E-state index in [2.05, 4.69) is 15.6 Å². The smallest absolute Gasteiger partial charge is 0.237 e. The molecule has 5 nitrogen and oxygen atoms in total. The number of aryl methyl sites for hydroxylation is 1. The second-order valence-electron chi connectivity index (χ2n) is 5.09. The highest BCUT2D eigenvalue weighted by molar-refractivity contribution is 7.09. The minimum atomic E-state index is -0.902. The van der Waals surface area contributed by atoms with Crippen LogP contribution in [-0.2, 0) is 9.59 Å². The number of benzene rings is 1. The van der Waals surface area contributed by atoms with Crippen molar-refractivity contribution in [2.75, 3.05) is 11.9 Å². The lowest BCUT2D eigenvalue weighted by Crippen LogP contribution is -2.32. The number of nitrogens with zero attached hydrogens (tertiary/aromatic N) is 1. The summed E-state index contributed by atoms with van der Waals surface area (Å²) in [6.45, 7) is 2.23. The van der Waals surface area contributed by atoms with Gasteiger partial charge in [-0.25, -0.2) is 9.37 Å². The average molecular weight is 319 g/mol. The molecule has 0 spiro atoms. The number of hydrogen-bond donors (Lipinski definition) is 2. The van der Waals surface area contributed by atoms with Crippen LogP contribution in [0.3, 0.4) is 0 Å². The first-order valence-corrected chi connectivity index (χ1v) is 7.69. The van der Waals surface area contributed by atoms with Gasteiger partial charge in [0.1, 0.15) is 11.7 Å². The van der Waals surface area contributed by atoms with Crippen LogP contribution >= 0.6 is 11.3 Å². The third-order valence-electron chi connectivity index (χ3n) is 3.61. The fourth-order valence-corrected chi connectivity index (χ4v) is 3.20. The Morgan fingerprint density at radius 2 is 2.23 bits per heavy atom. The maximum atomic E-state index is 13.6. The largest absolute Gasteiger partial charge is 0.355 e. The molecule has 1 saturated heterocycles. The van der Waals surface area contributed by atoms with Crippen molar-refractivity contribution in [2.24, 2.45) is 5.92 Å². The van der Waals surface area contributed by atoms with E-state index in [0.29, 0.717) is 6.54 Å². The summed E-state index contributed by atoms with van der Waals surface area (Å²) in [5, 5.41) is 7.90. The van der Waals surface area contributed by atoms with Crippen molar-refractivity contribution in [3.63, 3.8) is 0 Å². The highest BCUT2D eigenvalue weighted by Crippen LogP contribution is 2.31.